The van der Waals surface area contributed by atoms with Gasteiger partial charge in [0.25, 0.3) is 0 Å². The zero-order valence-corrected chi connectivity index (χ0v) is 13.1. The second-order valence-electron chi connectivity index (χ2n) is 4.15. The fourth-order valence-corrected chi connectivity index (χ4v) is 2.30. The van der Waals surface area contributed by atoms with E-state index in [1.54, 1.807) is 0 Å². The molecule has 0 aliphatic carbocycles. The Bertz CT molecular complexity index is 569. The van der Waals surface area contributed by atoms with E-state index in [2.05, 4.69) is 27.9 Å². The highest BCUT2D eigenvalue weighted by molar-refractivity contribution is 14.1. The Balaban J connectivity index is 1.88. The van der Waals surface area contributed by atoms with Crippen LogP contribution in [0.1, 0.15) is 12.0 Å². The minimum Gasteiger partial charge on any atom is -0.326 e. The molecule has 0 fully saturated rings. The fourth-order valence-electron chi connectivity index (χ4n) is 1.71. The Morgan fingerprint density at radius 3 is 2.47 bits per heavy atom. The molecule has 0 aromatic heterocycles. The largest absolute Gasteiger partial charge is 0.326 e. The zero-order valence-electron chi connectivity index (χ0n) is 10.2. The second kappa shape index (κ2) is 6.91. The van der Waals surface area contributed by atoms with Crippen LogP contribution in [0.2, 0.25) is 5.02 Å². The van der Waals surface area contributed by atoms with Crippen LogP contribution in [0.25, 0.3) is 0 Å². The first kappa shape index (κ1) is 14.3. The van der Waals surface area contributed by atoms with Gasteiger partial charge in [0, 0.05) is 20.7 Å². The van der Waals surface area contributed by atoms with Crippen LogP contribution in [0.15, 0.2) is 48.5 Å². The maximum absolute atomic E-state index is 11.8. The van der Waals surface area contributed by atoms with Gasteiger partial charge in [0.15, 0.2) is 0 Å². The van der Waals surface area contributed by atoms with Gasteiger partial charge in [0.1, 0.15) is 0 Å². The number of benzene rings is 2. The van der Waals surface area contributed by atoms with E-state index in [1.807, 2.05) is 48.5 Å². The van der Waals surface area contributed by atoms with Crippen LogP contribution in [-0.2, 0) is 11.2 Å². The first-order valence-electron chi connectivity index (χ1n) is 5.94. The van der Waals surface area contributed by atoms with Crippen LogP contribution in [0.5, 0.6) is 0 Å². The van der Waals surface area contributed by atoms with E-state index >= 15 is 0 Å². The van der Waals surface area contributed by atoms with Crippen molar-refractivity contribution in [1.82, 2.24) is 0 Å². The molecule has 2 nitrogen and oxygen atoms in total. The number of carbonyl (C=O) groups is 1. The second-order valence-corrected chi connectivity index (χ2v) is 5.80. The van der Waals surface area contributed by atoms with Gasteiger partial charge < -0.3 is 5.32 Å². The van der Waals surface area contributed by atoms with E-state index < -0.39 is 0 Å². The number of hydrogen-bond acceptors (Lipinski definition) is 1. The summed E-state index contributed by atoms with van der Waals surface area (Å²) >= 11 is 8.28. The summed E-state index contributed by atoms with van der Waals surface area (Å²) in [7, 11) is 0. The minimum absolute atomic E-state index is 0.00104. The highest BCUT2D eigenvalue weighted by atomic mass is 127. The third-order valence-corrected chi connectivity index (χ3v) is 3.80. The molecule has 0 saturated carbocycles. The predicted octanol–water partition coefficient (Wildman–Crippen LogP) is 4.52. The smallest absolute Gasteiger partial charge is 0.224 e. The normalized spacial score (nSPS) is 10.2. The molecule has 0 aliphatic heterocycles. The first-order valence-corrected chi connectivity index (χ1v) is 7.39. The van der Waals surface area contributed by atoms with Crippen LogP contribution in [0, 0.1) is 3.57 Å². The van der Waals surface area contributed by atoms with Gasteiger partial charge in [-0.15, -0.1) is 0 Å². The molecular weight excluding hydrogens is 373 g/mol. The molecule has 0 spiro atoms. The van der Waals surface area contributed by atoms with E-state index in [9.17, 15) is 4.79 Å². The third kappa shape index (κ3) is 4.51. The number of anilines is 1. The molecule has 0 bridgehead atoms. The van der Waals surface area contributed by atoms with Crippen LogP contribution in [-0.4, -0.2) is 5.91 Å². The number of hydrogen-bond donors (Lipinski definition) is 1. The highest BCUT2D eigenvalue weighted by Gasteiger charge is 2.05. The van der Waals surface area contributed by atoms with Crippen LogP contribution in [0.4, 0.5) is 5.69 Å². The van der Waals surface area contributed by atoms with Gasteiger partial charge in [-0.05, 0) is 64.9 Å². The fraction of sp³-hybridized carbons (Fsp3) is 0.133. The summed E-state index contributed by atoms with van der Waals surface area (Å²) in [6, 6.07) is 15.3. The molecule has 0 heterocycles. The van der Waals surface area contributed by atoms with Crippen molar-refractivity contribution in [3.63, 3.8) is 0 Å². The molecule has 2 aromatic rings. The molecule has 1 amide bonds. The number of nitrogens with one attached hydrogen (secondary N) is 1. The Hall–Kier alpha value is -1.07. The zero-order chi connectivity index (χ0) is 13.7. The molecule has 0 saturated heterocycles. The van der Waals surface area contributed by atoms with E-state index in [0.29, 0.717) is 17.9 Å². The number of aryl methyl sites for hydroxylation is 1. The Labute approximate surface area is 131 Å². The van der Waals surface area contributed by atoms with Crippen molar-refractivity contribution in [3.05, 3.63) is 62.7 Å². The molecule has 2 aromatic carbocycles. The van der Waals surface area contributed by atoms with Gasteiger partial charge in [-0.1, -0.05) is 29.8 Å². The van der Waals surface area contributed by atoms with E-state index in [4.69, 9.17) is 11.6 Å². The highest BCUT2D eigenvalue weighted by Crippen LogP contribution is 2.17. The van der Waals surface area contributed by atoms with Crippen LogP contribution in [0.3, 0.4) is 0 Å². The summed E-state index contributed by atoms with van der Waals surface area (Å²) in [4.78, 5) is 11.8. The minimum atomic E-state index is 0.00104. The van der Waals surface area contributed by atoms with Gasteiger partial charge in [-0.25, -0.2) is 0 Å². The first-order chi connectivity index (χ1) is 9.15. The summed E-state index contributed by atoms with van der Waals surface area (Å²) in [6.07, 6.45) is 1.07. The summed E-state index contributed by atoms with van der Waals surface area (Å²) < 4.78 is 1.15. The van der Waals surface area contributed by atoms with Crippen molar-refractivity contribution < 1.29 is 4.79 Å². The third-order valence-electron chi connectivity index (χ3n) is 2.71. The molecule has 4 heteroatoms. The molecular formula is C15H13ClINO. The van der Waals surface area contributed by atoms with Gasteiger partial charge in [-0.2, -0.15) is 0 Å². The van der Waals surface area contributed by atoms with Crippen molar-refractivity contribution in [2.45, 2.75) is 12.8 Å². The molecule has 2 rings (SSSR count). The average Bonchev–Trinajstić information content (AvgIpc) is 2.40. The van der Waals surface area contributed by atoms with Crippen LogP contribution < -0.4 is 5.32 Å². The number of amides is 1. The monoisotopic (exact) mass is 385 g/mol. The van der Waals surface area contributed by atoms with Crippen molar-refractivity contribution in [2.75, 3.05) is 5.32 Å². The van der Waals surface area contributed by atoms with Gasteiger partial charge in [0.2, 0.25) is 5.91 Å². The Kier molecular flexibility index (Phi) is 5.22. The van der Waals surface area contributed by atoms with E-state index in [-0.39, 0.29) is 5.91 Å². The van der Waals surface area contributed by atoms with Crippen molar-refractivity contribution in [3.8, 4) is 0 Å². The predicted molar refractivity (Wildman–Crippen MR) is 87.6 cm³/mol. The Morgan fingerprint density at radius 2 is 1.79 bits per heavy atom. The number of carbonyl (C=O) groups excluding carboxylic acids is 1. The molecule has 0 radical (unpaired) electrons. The van der Waals surface area contributed by atoms with Gasteiger partial charge in [0.05, 0.1) is 0 Å². The molecule has 19 heavy (non-hydrogen) atoms. The van der Waals surface area contributed by atoms with Crippen LogP contribution >= 0.6 is 34.2 Å². The average molecular weight is 386 g/mol. The number of rotatable bonds is 4. The van der Waals surface area contributed by atoms with E-state index in [1.165, 1.54) is 0 Å². The molecule has 98 valence electrons. The van der Waals surface area contributed by atoms with Gasteiger partial charge >= 0.3 is 0 Å². The summed E-state index contributed by atoms with van der Waals surface area (Å²) in [5.41, 5.74) is 1.83. The molecule has 0 aliphatic rings. The number of halogens is 2. The van der Waals surface area contributed by atoms with E-state index in [0.717, 1.165) is 14.8 Å². The van der Waals surface area contributed by atoms with Crippen molar-refractivity contribution >= 4 is 45.8 Å². The summed E-state index contributed by atoms with van der Waals surface area (Å²) in [5, 5.41) is 3.59. The summed E-state index contributed by atoms with van der Waals surface area (Å²) in [6.45, 7) is 0. The van der Waals surface area contributed by atoms with Crippen molar-refractivity contribution in [2.24, 2.45) is 0 Å². The Morgan fingerprint density at radius 1 is 1.11 bits per heavy atom. The topological polar surface area (TPSA) is 29.1 Å². The lowest BCUT2D eigenvalue weighted by atomic mass is 10.1. The molecule has 0 atom stereocenters. The standard InChI is InChI=1S/C15H13ClINO/c16-14-4-2-1-3-11(14)5-10-15(19)18-13-8-6-12(17)7-9-13/h1-4,6-9H,5,10H2,(H,18,19). The summed E-state index contributed by atoms with van der Waals surface area (Å²) in [5.74, 6) is 0.00104. The maximum atomic E-state index is 11.8. The van der Waals surface area contributed by atoms with Crippen molar-refractivity contribution in [1.29, 1.82) is 0 Å². The molecule has 0 unspecified atom stereocenters. The van der Waals surface area contributed by atoms with Gasteiger partial charge in [-0.3, -0.25) is 4.79 Å². The lowest BCUT2D eigenvalue weighted by molar-refractivity contribution is -0.116. The SMILES string of the molecule is O=C(CCc1ccccc1Cl)Nc1ccc(I)cc1. The maximum Gasteiger partial charge on any atom is 0.224 e. The quantitative estimate of drug-likeness (QED) is 0.771. The lowest BCUT2D eigenvalue weighted by Crippen LogP contribution is -2.12. The molecule has 1 N–H and O–H groups in total. The lowest BCUT2D eigenvalue weighted by Gasteiger charge is -2.06.